The van der Waals surface area contributed by atoms with Crippen LogP contribution >= 0.6 is 11.3 Å². The number of ketones is 1. The predicted molar refractivity (Wildman–Crippen MR) is 108 cm³/mol. The minimum Gasteiger partial charge on any atom is -0.302 e. The third-order valence-electron chi connectivity index (χ3n) is 4.17. The smallest absolute Gasteiger partial charge is 0.271 e. The molecule has 0 unspecified atom stereocenters. The fraction of sp³-hybridized carbons (Fsp3) is 0.263. The first kappa shape index (κ1) is 20.1. The van der Waals surface area contributed by atoms with Crippen molar-refractivity contribution in [2.45, 2.75) is 30.9 Å². The van der Waals surface area contributed by atoms with E-state index in [1.54, 1.807) is 23.6 Å². The van der Waals surface area contributed by atoms with E-state index in [2.05, 4.69) is 15.6 Å². The summed E-state index contributed by atoms with van der Waals surface area (Å²) >= 11 is 1.09. The molecule has 3 rings (SSSR count). The molecule has 0 spiro atoms. The highest BCUT2D eigenvalue weighted by Gasteiger charge is 2.28. The Hall–Kier alpha value is -2.65. The molecule has 1 aromatic heterocycles. The Bertz CT molecular complexity index is 1030. The SMILES string of the molecule is CC1(C)CC(=O)C=C(NNC(=O)c2ccccc2NS(=O)(=O)c2cccs2)C1. The van der Waals surface area contributed by atoms with Gasteiger partial charge in [-0.05, 0) is 35.4 Å². The summed E-state index contributed by atoms with van der Waals surface area (Å²) in [5.74, 6) is -0.515. The van der Waals surface area contributed by atoms with E-state index in [1.807, 2.05) is 13.8 Å². The number of rotatable bonds is 6. The molecule has 148 valence electrons. The third kappa shape index (κ3) is 4.79. The maximum Gasteiger partial charge on any atom is 0.271 e. The van der Waals surface area contributed by atoms with Crippen LogP contribution in [0.25, 0.3) is 0 Å². The van der Waals surface area contributed by atoms with Crippen LogP contribution in [0.3, 0.4) is 0 Å². The minimum atomic E-state index is -3.77. The summed E-state index contributed by atoms with van der Waals surface area (Å²) in [5.41, 5.74) is 6.10. The van der Waals surface area contributed by atoms with Crippen molar-refractivity contribution in [3.8, 4) is 0 Å². The van der Waals surface area contributed by atoms with Crippen LogP contribution in [-0.4, -0.2) is 20.1 Å². The molecule has 0 bridgehead atoms. The zero-order chi connectivity index (χ0) is 20.4. The standard InChI is InChI=1S/C19H21N3O4S2/c1-19(2)11-13(10-14(23)12-19)20-21-18(24)15-6-3-4-7-16(15)22-28(25,26)17-8-5-9-27-17/h3-10,20,22H,11-12H2,1-2H3,(H,21,24). The van der Waals surface area contributed by atoms with Crippen LogP contribution in [0.2, 0.25) is 0 Å². The second kappa shape index (κ2) is 7.76. The van der Waals surface area contributed by atoms with Crippen LogP contribution in [0.15, 0.2) is 57.8 Å². The van der Waals surface area contributed by atoms with Crippen LogP contribution in [0, 0.1) is 5.41 Å². The first-order valence-electron chi connectivity index (χ1n) is 8.61. The minimum absolute atomic E-state index is 0.00268. The number of hydrogen-bond donors (Lipinski definition) is 3. The lowest BCUT2D eigenvalue weighted by Crippen LogP contribution is -2.40. The van der Waals surface area contributed by atoms with Crippen LogP contribution in [0.1, 0.15) is 37.0 Å². The van der Waals surface area contributed by atoms with E-state index >= 15 is 0 Å². The molecule has 0 atom stereocenters. The van der Waals surface area contributed by atoms with E-state index < -0.39 is 15.9 Å². The van der Waals surface area contributed by atoms with E-state index in [1.165, 1.54) is 24.3 Å². The Morgan fingerprint density at radius 1 is 1.11 bits per heavy atom. The molecule has 0 radical (unpaired) electrons. The lowest BCUT2D eigenvalue weighted by Gasteiger charge is -2.29. The molecule has 28 heavy (non-hydrogen) atoms. The summed E-state index contributed by atoms with van der Waals surface area (Å²) in [7, 11) is -3.77. The van der Waals surface area contributed by atoms with Gasteiger partial charge >= 0.3 is 0 Å². The topological polar surface area (TPSA) is 104 Å². The molecule has 3 N–H and O–H groups in total. The maximum absolute atomic E-state index is 12.6. The van der Waals surface area contributed by atoms with Gasteiger partial charge in [-0.2, -0.15) is 0 Å². The summed E-state index contributed by atoms with van der Waals surface area (Å²) in [6.45, 7) is 3.96. The number of carbonyl (C=O) groups is 2. The summed E-state index contributed by atoms with van der Waals surface area (Å²) in [4.78, 5) is 24.4. The first-order chi connectivity index (χ1) is 13.2. The predicted octanol–water partition coefficient (Wildman–Crippen LogP) is 3.06. The summed E-state index contributed by atoms with van der Waals surface area (Å²) in [5, 5.41) is 1.66. The molecular formula is C19H21N3O4S2. The molecule has 0 saturated heterocycles. The highest BCUT2D eigenvalue weighted by atomic mass is 32.2. The molecule has 1 aromatic carbocycles. The molecule has 0 fully saturated rings. The number of hydrogen-bond acceptors (Lipinski definition) is 6. The van der Waals surface area contributed by atoms with Crippen molar-refractivity contribution in [2.75, 3.05) is 4.72 Å². The second-order valence-corrected chi connectivity index (χ2v) is 10.2. The highest BCUT2D eigenvalue weighted by molar-refractivity contribution is 7.94. The van der Waals surface area contributed by atoms with Gasteiger partial charge in [0.05, 0.1) is 11.3 Å². The van der Waals surface area contributed by atoms with Gasteiger partial charge in [-0.1, -0.05) is 32.0 Å². The third-order valence-corrected chi connectivity index (χ3v) is 6.93. The Morgan fingerprint density at radius 3 is 2.54 bits per heavy atom. The van der Waals surface area contributed by atoms with Gasteiger partial charge in [-0.25, -0.2) is 8.42 Å². The largest absolute Gasteiger partial charge is 0.302 e. The van der Waals surface area contributed by atoms with Crippen molar-refractivity contribution in [3.05, 3.63) is 59.1 Å². The van der Waals surface area contributed by atoms with E-state index in [0.717, 1.165) is 11.3 Å². The summed E-state index contributed by atoms with van der Waals surface area (Å²) in [6, 6.07) is 9.46. The van der Waals surface area contributed by atoms with Gasteiger partial charge in [-0.3, -0.25) is 19.7 Å². The van der Waals surface area contributed by atoms with Crippen molar-refractivity contribution >= 4 is 38.7 Å². The molecule has 1 amide bonds. The average molecular weight is 420 g/mol. The molecule has 2 aromatic rings. The Kier molecular flexibility index (Phi) is 5.57. The Morgan fingerprint density at radius 2 is 1.86 bits per heavy atom. The highest BCUT2D eigenvalue weighted by Crippen LogP contribution is 2.32. The molecule has 1 heterocycles. The van der Waals surface area contributed by atoms with Gasteiger partial charge in [0.1, 0.15) is 4.21 Å². The number of allylic oxidation sites excluding steroid dienone is 2. The fourth-order valence-corrected chi connectivity index (χ4v) is 5.08. The van der Waals surface area contributed by atoms with Gasteiger partial charge in [0, 0.05) is 18.2 Å². The van der Waals surface area contributed by atoms with Gasteiger partial charge in [0.25, 0.3) is 15.9 Å². The van der Waals surface area contributed by atoms with Crippen molar-refractivity contribution in [1.29, 1.82) is 0 Å². The number of benzene rings is 1. The molecular weight excluding hydrogens is 398 g/mol. The second-order valence-electron chi connectivity index (χ2n) is 7.32. The van der Waals surface area contributed by atoms with E-state index in [4.69, 9.17) is 0 Å². The Labute approximate surface area is 167 Å². The van der Waals surface area contributed by atoms with Crippen LogP contribution < -0.4 is 15.6 Å². The molecule has 1 aliphatic rings. The number of anilines is 1. The lowest BCUT2D eigenvalue weighted by molar-refractivity contribution is -0.117. The van der Waals surface area contributed by atoms with Crippen molar-refractivity contribution in [3.63, 3.8) is 0 Å². The van der Waals surface area contributed by atoms with Crippen molar-refractivity contribution < 1.29 is 18.0 Å². The maximum atomic E-state index is 12.6. The van der Waals surface area contributed by atoms with Crippen molar-refractivity contribution in [1.82, 2.24) is 10.9 Å². The molecule has 7 nitrogen and oxygen atoms in total. The zero-order valence-electron chi connectivity index (χ0n) is 15.5. The fourth-order valence-electron chi connectivity index (χ4n) is 3.01. The Balaban J connectivity index is 1.74. The molecule has 1 aliphatic carbocycles. The summed E-state index contributed by atoms with van der Waals surface area (Å²) < 4.78 is 27.5. The monoisotopic (exact) mass is 419 g/mol. The van der Waals surface area contributed by atoms with E-state index in [-0.39, 0.29) is 26.7 Å². The van der Waals surface area contributed by atoms with Crippen molar-refractivity contribution in [2.24, 2.45) is 5.41 Å². The number of nitrogens with one attached hydrogen (secondary N) is 3. The van der Waals surface area contributed by atoms with Gasteiger partial charge in [0.15, 0.2) is 5.78 Å². The number of thiophene rings is 1. The number of hydrazine groups is 1. The van der Waals surface area contributed by atoms with E-state index in [0.29, 0.717) is 18.5 Å². The molecule has 0 aliphatic heterocycles. The molecule has 0 saturated carbocycles. The van der Waals surface area contributed by atoms with Gasteiger partial charge in [0.2, 0.25) is 0 Å². The quantitative estimate of drug-likeness (QED) is 0.624. The normalized spacial score (nSPS) is 16.2. The van der Waals surface area contributed by atoms with Crippen LogP contribution in [0.5, 0.6) is 0 Å². The first-order valence-corrected chi connectivity index (χ1v) is 11.0. The van der Waals surface area contributed by atoms with Gasteiger partial charge in [-0.15, -0.1) is 11.3 Å². The zero-order valence-corrected chi connectivity index (χ0v) is 17.1. The van der Waals surface area contributed by atoms with Gasteiger partial charge < -0.3 is 5.43 Å². The summed E-state index contributed by atoms with van der Waals surface area (Å²) in [6.07, 6.45) is 2.56. The van der Waals surface area contributed by atoms with Crippen LogP contribution in [0.4, 0.5) is 5.69 Å². The lowest BCUT2D eigenvalue weighted by atomic mass is 9.79. The average Bonchev–Trinajstić information content (AvgIpc) is 3.14. The number of carbonyl (C=O) groups excluding carboxylic acids is 2. The number of amides is 1. The van der Waals surface area contributed by atoms with E-state index in [9.17, 15) is 18.0 Å². The number of para-hydroxylation sites is 1. The molecule has 9 heteroatoms. The van der Waals surface area contributed by atoms with Crippen LogP contribution in [-0.2, 0) is 14.8 Å². The number of sulfonamides is 1.